The molecule has 5 nitrogen and oxygen atoms in total. The maximum Gasteiger partial charge on any atom is 0.435 e. The molecule has 1 aliphatic heterocycles. The van der Waals surface area contributed by atoms with Crippen molar-refractivity contribution in [2.24, 2.45) is 5.92 Å². The number of nitrogens with zero attached hydrogens (tertiary/aromatic N) is 3. The van der Waals surface area contributed by atoms with E-state index in [-0.39, 0.29) is 5.52 Å². The minimum Gasteiger partial charge on any atom is -0.496 e. The van der Waals surface area contributed by atoms with Crippen molar-refractivity contribution < 1.29 is 17.9 Å². The minimum atomic E-state index is -4.62. The third-order valence-electron chi connectivity index (χ3n) is 6.67. The summed E-state index contributed by atoms with van der Waals surface area (Å²) in [4.78, 5) is 8.62. The van der Waals surface area contributed by atoms with Crippen molar-refractivity contribution in [1.29, 1.82) is 0 Å². The van der Waals surface area contributed by atoms with E-state index in [1.54, 1.807) is 19.2 Å². The third-order valence-corrected chi connectivity index (χ3v) is 6.67. The van der Waals surface area contributed by atoms with Crippen LogP contribution in [0.2, 0.25) is 0 Å². The van der Waals surface area contributed by atoms with Gasteiger partial charge >= 0.3 is 6.18 Å². The lowest BCUT2D eigenvalue weighted by Gasteiger charge is -2.23. The fourth-order valence-electron chi connectivity index (χ4n) is 4.93. The molecule has 0 aliphatic carbocycles. The van der Waals surface area contributed by atoms with Crippen molar-refractivity contribution in [2.45, 2.75) is 38.9 Å². The number of para-hydroxylation sites is 1. The van der Waals surface area contributed by atoms with Gasteiger partial charge in [0.1, 0.15) is 17.1 Å². The monoisotopic (exact) mass is 468 g/mol. The molecule has 0 saturated carbocycles. The number of ether oxygens (including phenoxy) is 1. The molecule has 0 radical (unpaired) electrons. The predicted octanol–water partition coefficient (Wildman–Crippen LogP) is 5.98. The number of piperidine rings is 1. The lowest BCUT2D eigenvalue weighted by Crippen LogP contribution is -2.28. The van der Waals surface area contributed by atoms with Gasteiger partial charge < -0.3 is 14.6 Å². The first kappa shape index (κ1) is 22.7. The highest BCUT2D eigenvalue weighted by Gasteiger charge is 2.38. The molecule has 8 heteroatoms. The van der Waals surface area contributed by atoms with E-state index in [1.165, 1.54) is 0 Å². The average Bonchev–Trinajstić information content (AvgIpc) is 3.21. The van der Waals surface area contributed by atoms with Gasteiger partial charge in [0.25, 0.3) is 0 Å². The SMILES string of the molecule is COc1ccccc1-c1nc2c(C(F)(F)F)nc3cc(C)ccc3c2n1CCC1CCNCC1. The van der Waals surface area contributed by atoms with E-state index < -0.39 is 11.9 Å². The molecule has 0 spiro atoms. The first-order valence-corrected chi connectivity index (χ1v) is 11.6. The van der Waals surface area contributed by atoms with E-state index in [4.69, 9.17) is 4.74 Å². The second-order valence-electron chi connectivity index (χ2n) is 8.95. The van der Waals surface area contributed by atoms with Gasteiger partial charge in [-0.1, -0.05) is 24.3 Å². The molecule has 0 atom stereocenters. The Labute approximate surface area is 196 Å². The summed E-state index contributed by atoms with van der Waals surface area (Å²) in [6.45, 7) is 4.37. The van der Waals surface area contributed by atoms with Crippen LogP contribution < -0.4 is 10.1 Å². The van der Waals surface area contributed by atoms with Gasteiger partial charge in [-0.2, -0.15) is 13.2 Å². The Balaban J connectivity index is 1.80. The normalized spacial score (nSPS) is 15.3. The first-order chi connectivity index (χ1) is 16.4. The zero-order chi connectivity index (χ0) is 23.9. The van der Waals surface area contributed by atoms with E-state index in [0.29, 0.717) is 46.0 Å². The summed E-state index contributed by atoms with van der Waals surface area (Å²) in [5.41, 5.74) is 1.27. The topological polar surface area (TPSA) is 52.0 Å². The zero-order valence-corrected chi connectivity index (χ0v) is 19.2. The van der Waals surface area contributed by atoms with Crippen LogP contribution in [0.25, 0.3) is 33.3 Å². The number of aromatic nitrogens is 3. The summed E-state index contributed by atoms with van der Waals surface area (Å²) in [7, 11) is 1.56. The Kier molecular flexibility index (Phi) is 5.93. The van der Waals surface area contributed by atoms with Gasteiger partial charge in [0, 0.05) is 11.9 Å². The molecule has 0 bridgehead atoms. The van der Waals surface area contributed by atoms with Crippen LogP contribution in [0, 0.1) is 12.8 Å². The number of nitrogens with one attached hydrogen (secondary N) is 1. The molecule has 0 amide bonds. The summed E-state index contributed by atoms with van der Waals surface area (Å²) >= 11 is 0. The highest BCUT2D eigenvalue weighted by Crippen LogP contribution is 2.40. The van der Waals surface area contributed by atoms with Crippen molar-refractivity contribution in [3.63, 3.8) is 0 Å². The summed E-state index contributed by atoms with van der Waals surface area (Å²) in [6, 6.07) is 12.8. The number of aryl methyl sites for hydroxylation is 2. The predicted molar refractivity (Wildman–Crippen MR) is 127 cm³/mol. The van der Waals surface area contributed by atoms with Crippen molar-refractivity contribution in [1.82, 2.24) is 19.9 Å². The summed E-state index contributed by atoms with van der Waals surface area (Å²) in [5, 5.41) is 4.05. The molecule has 178 valence electrons. The van der Waals surface area contributed by atoms with Crippen molar-refractivity contribution in [3.8, 4) is 17.1 Å². The maximum absolute atomic E-state index is 14.2. The number of hydrogen-bond donors (Lipinski definition) is 1. The number of hydrogen-bond acceptors (Lipinski definition) is 4. The standard InChI is InChI=1S/C26H27F3N4O/c1-16-7-8-18-20(15-16)31-24(26(27,28)29)22-23(18)33(14-11-17-9-12-30-13-10-17)25(32-22)19-5-3-4-6-21(19)34-2/h3-8,15,17,30H,9-14H2,1-2H3. The lowest BCUT2D eigenvalue weighted by atomic mass is 9.94. The highest BCUT2D eigenvalue weighted by molar-refractivity contribution is 6.05. The van der Waals surface area contributed by atoms with Crippen LogP contribution in [0.1, 0.15) is 30.5 Å². The van der Waals surface area contributed by atoms with Crippen LogP contribution >= 0.6 is 0 Å². The van der Waals surface area contributed by atoms with Gasteiger partial charge in [-0.3, -0.25) is 0 Å². The Morgan fingerprint density at radius 3 is 2.59 bits per heavy atom. The quantitative estimate of drug-likeness (QED) is 0.392. The van der Waals surface area contributed by atoms with Crippen LogP contribution in [-0.4, -0.2) is 34.7 Å². The average molecular weight is 469 g/mol. The smallest absolute Gasteiger partial charge is 0.435 e. The molecule has 5 rings (SSSR count). The van der Waals surface area contributed by atoms with E-state index in [2.05, 4.69) is 15.3 Å². The summed E-state index contributed by atoms with van der Waals surface area (Å²) in [5.74, 6) is 1.56. The minimum absolute atomic E-state index is 0.116. The van der Waals surface area contributed by atoms with E-state index in [9.17, 15) is 13.2 Å². The van der Waals surface area contributed by atoms with Crippen LogP contribution in [0.3, 0.4) is 0 Å². The maximum atomic E-state index is 14.2. The van der Waals surface area contributed by atoms with Gasteiger partial charge in [-0.05, 0) is 69.0 Å². The Bertz CT molecular complexity index is 1340. The molecule has 4 aromatic rings. The second-order valence-corrected chi connectivity index (χ2v) is 8.95. The molecule has 3 heterocycles. The fourth-order valence-corrected chi connectivity index (χ4v) is 4.93. The van der Waals surface area contributed by atoms with Gasteiger partial charge in [0.05, 0.1) is 23.7 Å². The molecule has 2 aromatic heterocycles. The number of imidazole rings is 1. The van der Waals surface area contributed by atoms with E-state index in [0.717, 1.165) is 37.9 Å². The Morgan fingerprint density at radius 2 is 1.85 bits per heavy atom. The molecule has 0 unspecified atom stereocenters. The lowest BCUT2D eigenvalue weighted by molar-refractivity contribution is -0.139. The molecule has 1 aliphatic rings. The van der Waals surface area contributed by atoms with Gasteiger partial charge in [-0.15, -0.1) is 0 Å². The Morgan fingerprint density at radius 1 is 1.09 bits per heavy atom. The fraction of sp³-hybridized carbons (Fsp3) is 0.385. The number of pyridine rings is 1. The first-order valence-electron chi connectivity index (χ1n) is 11.6. The van der Waals surface area contributed by atoms with Crippen LogP contribution in [0.15, 0.2) is 42.5 Å². The number of halogens is 3. The summed E-state index contributed by atoms with van der Waals surface area (Å²) in [6.07, 6.45) is -1.63. The molecular weight excluding hydrogens is 441 g/mol. The van der Waals surface area contributed by atoms with Crippen molar-refractivity contribution in [3.05, 3.63) is 53.7 Å². The van der Waals surface area contributed by atoms with E-state index in [1.807, 2.05) is 41.8 Å². The number of fused-ring (bicyclic) bond motifs is 3. The number of benzene rings is 2. The molecule has 1 fully saturated rings. The highest BCUT2D eigenvalue weighted by atomic mass is 19.4. The molecule has 34 heavy (non-hydrogen) atoms. The zero-order valence-electron chi connectivity index (χ0n) is 19.2. The summed E-state index contributed by atoms with van der Waals surface area (Å²) < 4.78 is 50.0. The third kappa shape index (κ3) is 4.11. The largest absolute Gasteiger partial charge is 0.496 e. The van der Waals surface area contributed by atoms with E-state index >= 15 is 0 Å². The number of alkyl halides is 3. The van der Waals surface area contributed by atoms with Crippen molar-refractivity contribution in [2.75, 3.05) is 20.2 Å². The van der Waals surface area contributed by atoms with Gasteiger partial charge in [0.15, 0.2) is 5.69 Å². The number of rotatable bonds is 5. The molecule has 1 N–H and O–H groups in total. The number of methoxy groups -OCH3 is 1. The van der Waals surface area contributed by atoms with Crippen LogP contribution in [0.5, 0.6) is 5.75 Å². The molecule has 2 aromatic carbocycles. The van der Waals surface area contributed by atoms with Gasteiger partial charge in [-0.25, -0.2) is 9.97 Å². The Hall–Kier alpha value is -3.13. The van der Waals surface area contributed by atoms with Gasteiger partial charge in [0.2, 0.25) is 0 Å². The molecule has 1 saturated heterocycles. The van der Waals surface area contributed by atoms with Crippen LogP contribution in [-0.2, 0) is 12.7 Å². The second kappa shape index (κ2) is 8.91. The molecular formula is C26H27F3N4O. The van der Waals surface area contributed by atoms with Crippen molar-refractivity contribution >= 4 is 21.9 Å². The van der Waals surface area contributed by atoms with Crippen LogP contribution in [0.4, 0.5) is 13.2 Å².